The molecule has 1 amide bonds. The first-order valence-electron chi connectivity index (χ1n) is 7.12. The highest BCUT2D eigenvalue weighted by Crippen LogP contribution is 2.38. The highest BCUT2D eigenvalue weighted by molar-refractivity contribution is 6.06. The number of carbonyl (C=O) groups is 1. The summed E-state index contributed by atoms with van der Waals surface area (Å²) in [6, 6.07) is 0. The molecule has 23 heavy (non-hydrogen) atoms. The van der Waals surface area contributed by atoms with Crippen LogP contribution in [0.15, 0.2) is 0 Å². The second-order valence-electron chi connectivity index (χ2n) is 5.64. The van der Waals surface area contributed by atoms with E-state index in [1.54, 1.807) is 0 Å². The lowest BCUT2D eigenvalue weighted by Crippen LogP contribution is -2.29. The Morgan fingerprint density at radius 3 is 2.48 bits per heavy atom. The minimum atomic E-state index is -1.32. The summed E-state index contributed by atoms with van der Waals surface area (Å²) >= 11 is 0. The fourth-order valence-electron chi connectivity index (χ4n) is 3.20. The number of rotatable bonds is 2. The largest absolute Gasteiger partial charge is 0.365 e. The molecule has 4 nitrogen and oxygen atoms in total. The third-order valence-corrected chi connectivity index (χ3v) is 4.23. The van der Waals surface area contributed by atoms with Gasteiger partial charge in [0.05, 0.1) is 5.52 Å². The van der Waals surface area contributed by atoms with Crippen LogP contribution in [0.3, 0.4) is 0 Å². The maximum absolute atomic E-state index is 14.5. The molecule has 0 radical (unpaired) electrons. The van der Waals surface area contributed by atoms with Crippen LogP contribution in [-0.4, -0.2) is 24.0 Å². The van der Waals surface area contributed by atoms with Crippen molar-refractivity contribution in [2.24, 2.45) is 5.73 Å². The molecule has 1 unspecified atom stereocenters. The van der Waals surface area contributed by atoms with Crippen LogP contribution in [0.4, 0.5) is 13.2 Å². The smallest absolute Gasteiger partial charge is 0.253 e. The van der Waals surface area contributed by atoms with E-state index in [2.05, 4.69) is 10.3 Å². The van der Waals surface area contributed by atoms with Crippen LogP contribution in [-0.2, 0) is 0 Å². The van der Waals surface area contributed by atoms with Crippen molar-refractivity contribution >= 4 is 29.2 Å². The zero-order valence-corrected chi connectivity index (χ0v) is 13.3. The molecule has 0 aliphatic carbocycles. The van der Waals surface area contributed by atoms with E-state index in [1.807, 2.05) is 0 Å². The number of nitrogens with one attached hydrogen (secondary N) is 2. The Labute approximate surface area is 137 Å². The summed E-state index contributed by atoms with van der Waals surface area (Å²) in [5.41, 5.74) is 4.53. The third-order valence-electron chi connectivity index (χ3n) is 4.23. The van der Waals surface area contributed by atoms with Crippen LogP contribution in [0.5, 0.6) is 0 Å². The first-order valence-corrected chi connectivity index (χ1v) is 7.12. The molecular formula is C15H17ClF3N3O. The summed E-state index contributed by atoms with van der Waals surface area (Å²) in [5.74, 6) is -4.65. The fourth-order valence-corrected chi connectivity index (χ4v) is 3.20. The molecule has 1 saturated heterocycles. The minimum absolute atomic E-state index is 0. The van der Waals surface area contributed by atoms with Crippen LogP contribution in [0.25, 0.3) is 10.9 Å². The number of fused-ring (bicyclic) bond motifs is 1. The Hall–Kier alpha value is -1.73. The van der Waals surface area contributed by atoms with Gasteiger partial charge in [-0.15, -0.1) is 12.4 Å². The van der Waals surface area contributed by atoms with E-state index in [0.29, 0.717) is 13.0 Å². The van der Waals surface area contributed by atoms with Gasteiger partial charge in [-0.05, 0) is 26.3 Å². The Morgan fingerprint density at radius 2 is 1.91 bits per heavy atom. The zero-order valence-electron chi connectivity index (χ0n) is 12.4. The lowest BCUT2D eigenvalue weighted by atomic mass is 9.87. The molecule has 2 heterocycles. The van der Waals surface area contributed by atoms with Gasteiger partial charge in [0, 0.05) is 29.1 Å². The first kappa shape index (κ1) is 17.6. The number of piperidine rings is 1. The third kappa shape index (κ3) is 2.68. The lowest BCUT2D eigenvalue weighted by molar-refractivity contribution is 0.0997. The van der Waals surface area contributed by atoms with Crippen LogP contribution < -0.4 is 11.1 Å². The van der Waals surface area contributed by atoms with Crippen LogP contribution in [0.2, 0.25) is 0 Å². The molecule has 1 fully saturated rings. The number of hydrogen-bond acceptors (Lipinski definition) is 2. The summed E-state index contributed by atoms with van der Waals surface area (Å²) in [7, 11) is 0. The number of aryl methyl sites for hydroxylation is 1. The molecule has 2 aromatic rings. The van der Waals surface area contributed by atoms with Crippen molar-refractivity contribution in [3.8, 4) is 0 Å². The number of primary amides is 1. The number of nitrogens with two attached hydrogens (primary N) is 1. The normalized spacial score (nSPS) is 18.0. The fraction of sp³-hybridized carbons (Fsp3) is 0.400. The second kappa shape index (κ2) is 6.41. The van der Waals surface area contributed by atoms with Gasteiger partial charge in [-0.3, -0.25) is 4.79 Å². The molecule has 0 spiro atoms. The van der Waals surface area contributed by atoms with Crippen molar-refractivity contribution in [2.45, 2.75) is 25.7 Å². The molecule has 1 aliphatic rings. The summed E-state index contributed by atoms with van der Waals surface area (Å²) in [6.07, 6.45) is 1.41. The molecule has 0 bridgehead atoms. The zero-order chi connectivity index (χ0) is 16.0. The van der Waals surface area contributed by atoms with Gasteiger partial charge in [0.15, 0.2) is 17.5 Å². The number of benzene rings is 1. The van der Waals surface area contributed by atoms with Crippen molar-refractivity contribution in [1.82, 2.24) is 10.3 Å². The SMILES string of the molecule is Cc1[nH]c2c(C(N)=O)c(F)c(F)c(C3CCCNC3)c2c1F.Cl. The molecule has 1 aromatic carbocycles. The van der Waals surface area contributed by atoms with E-state index >= 15 is 0 Å². The van der Waals surface area contributed by atoms with Gasteiger partial charge >= 0.3 is 0 Å². The van der Waals surface area contributed by atoms with Crippen molar-refractivity contribution in [2.75, 3.05) is 13.1 Å². The van der Waals surface area contributed by atoms with Crippen molar-refractivity contribution in [3.63, 3.8) is 0 Å². The number of aromatic nitrogens is 1. The maximum atomic E-state index is 14.5. The topological polar surface area (TPSA) is 70.9 Å². The molecule has 4 N–H and O–H groups in total. The van der Waals surface area contributed by atoms with Crippen LogP contribution in [0, 0.1) is 24.4 Å². The Kier molecular flexibility index (Phi) is 4.91. The number of amides is 1. The first-order chi connectivity index (χ1) is 10.4. The quantitative estimate of drug-likeness (QED) is 0.781. The summed E-state index contributed by atoms with van der Waals surface area (Å²) in [6.45, 7) is 2.67. The van der Waals surface area contributed by atoms with Crippen LogP contribution in [0.1, 0.15) is 40.4 Å². The standard InChI is InChI=1S/C15H16F3N3O.ClH/c1-6-11(16)9-8(7-3-2-4-20-5-7)12(17)13(18)10(15(19)22)14(9)21-6;/h7,20-21H,2-5H2,1H3,(H2,19,22);1H. The van der Waals surface area contributed by atoms with Crippen molar-refractivity contribution in [3.05, 3.63) is 34.3 Å². The second-order valence-corrected chi connectivity index (χ2v) is 5.64. The lowest BCUT2D eigenvalue weighted by Gasteiger charge is -2.24. The highest BCUT2D eigenvalue weighted by atomic mass is 35.5. The van der Waals surface area contributed by atoms with Gasteiger partial charge in [0.1, 0.15) is 5.56 Å². The van der Waals surface area contributed by atoms with E-state index in [9.17, 15) is 18.0 Å². The maximum Gasteiger partial charge on any atom is 0.253 e. The summed E-state index contributed by atoms with van der Waals surface area (Å²) < 4.78 is 43.3. The molecular weight excluding hydrogens is 331 g/mol. The van der Waals surface area contributed by atoms with E-state index in [0.717, 1.165) is 13.0 Å². The highest BCUT2D eigenvalue weighted by Gasteiger charge is 2.31. The van der Waals surface area contributed by atoms with E-state index in [1.165, 1.54) is 6.92 Å². The van der Waals surface area contributed by atoms with E-state index in [-0.39, 0.29) is 40.5 Å². The van der Waals surface area contributed by atoms with E-state index < -0.39 is 28.9 Å². The van der Waals surface area contributed by atoms with Crippen LogP contribution >= 0.6 is 12.4 Å². The average molecular weight is 348 g/mol. The number of H-pyrrole nitrogens is 1. The van der Waals surface area contributed by atoms with Gasteiger partial charge in [0.25, 0.3) is 5.91 Å². The van der Waals surface area contributed by atoms with Gasteiger partial charge in [0.2, 0.25) is 0 Å². The van der Waals surface area contributed by atoms with Crippen molar-refractivity contribution in [1.29, 1.82) is 0 Å². The number of aromatic amines is 1. The van der Waals surface area contributed by atoms with Gasteiger partial charge in [-0.1, -0.05) is 0 Å². The monoisotopic (exact) mass is 347 g/mol. The Bertz CT molecular complexity index is 769. The number of carbonyl (C=O) groups excluding carboxylic acids is 1. The predicted octanol–water partition coefficient (Wildman–Crippen LogP) is 2.88. The van der Waals surface area contributed by atoms with Gasteiger partial charge in [-0.2, -0.15) is 0 Å². The predicted molar refractivity (Wildman–Crippen MR) is 83.5 cm³/mol. The van der Waals surface area contributed by atoms with E-state index in [4.69, 9.17) is 5.73 Å². The summed E-state index contributed by atoms with van der Waals surface area (Å²) in [5, 5.41) is 3.02. The molecule has 0 saturated carbocycles. The Morgan fingerprint density at radius 1 is 1.22 bits per heavy atom. The molecule has 8 heteroatoms. The molecule has 126 valence electrons. The Balaban J connectivity index is 0.00000192. The molecule has 3 rings (SSSR count). The minimum Gasteiger partial charge on any atom is -0.365 e. The van der Waals surface area contributed by atoms with Gasteiger partial charge in [-0.25, -0.2) is 13.2 Å². The molecule has 1 aromatic heterocycles. The number of halogens is 4. The summed E-state index contributed by atoms with van der Waals surface area (Å²) in [4.78, 5) is 14.1. The van der Waals surface area contributed by atoms with Gasteiger partial charge < -0.3 is 16.0 Å². The number of hydrogen-bond donors (Lipinski definition) is 3. The molecule has 1 atom stereocenters. The average Bonchev–Trinajstić information content (AvgIpc) is 2.77. The van der Waals surface area contributed by atoms with Crippen molar-refractivity contribution < 1.29 is 18.0 Å². The molecule has 1 aliphatic heterocycles.